The molecule has 1 rings (SSSR count). The number of benzene rings is 1. The Morgan fingerprint density at radius 1 is 1.33 bits per heavy atom. The van der Waals surface area contributed by atoms with Crippen LogP contribution in [0.5, 0.6) is 0 Å². The molecule has 0 saturated carbocycles. The van der Waals surface area contributed by atoms with Crippen LogP contribution in [0.2, 0.25) is 0 Å². The van der Waals surface area contributed by atoms with E-state index in [1.165, 1.54) is 6.08 Å². The van der Waals surface area contributed by atoms with Crippen LogP contribution < -0.4 is 0 Å². The molecule has 1 aromatic rings. The zero-order valence-electron chi connectivity index (χ0n) is 7.81. The maximum absolute atomic E-state index is 11.1. The highest BCUT2D eigenvalue weighted by molar-refractivity contribution is 9.10. The van der Waals surface area contributed by atoms with Crippen molar-refractivity contribution in [2.45, 2.75) is 6.42 Å². The Morgan fingerprint density at radius 2 is 2.00 bits per heavy atom. The van der Waals surface area contributed by atoms with E-state index in [1.54, 1.807) is 6.08 Å². The summed E-state index contributed by atoms with van der Waals surface area (Å²) in [6, 6.07) is 7.38. The van der Waals surface area contributed by atoms with E-state index >= 15 is 0 Å². The Hall–Kier alpha value is -1.42. The van der Waals surface area contributed by atoms with Crippen molar-refractivity contribution in [3.63, 3.8) is 0 Å². The summed E-state index contributed by atoms with van der Waals surface area (Å²) in [6.45, 7) is 0. The van der Waals surface area contributed by atoms with Gasteiger partial charge in [-0.2, -0.15) is 0 Å². The molecular weight excluding hydrogens is 260 g/mol. The summed E-state index contributed by atoms with van der Waals surface area (Å²) in [6.07, 6.45) is 2.39. The lowest BCUT2D eigenvalue weighted by molar-refractivity contribution is -0.139. The van der Waals surface area contributed by atoms with Gasteiger partial charge in [0.05, 0.1) is 0 Å². The van der Waals surface area contributed by atoms with Crippen LogP contribution in [0.15, 0.2) is 34.8 Å². The average Bonchev–Trinajstić information content (AvgIpc) is 2.15. The molecule has 0 fully saturated rings. The highest BCUT2D eigenvalue weighted by atomic mass is 79.9. The molecule has 0 amide bonds. The van der Waals surface area contributed by atoms with Crippen LogP contribution in [-0.2, 0) is 9.59 Å². The minimum absolute atomic E-state index is 0.418. The summed E-state index contributed by atoms with van der Waals surface area (Å²) in [7, 11) is 0. The van der Waals surface area contributed by atoms with Gasteiger partial charge in [0.25, 0.3) is 0 Å². The molecule has 0 aliphatic rings. The van der Waals surface area contributed by atoms with E-state index in [0.717, 1.165) is 10.0 Å². The quantitative estimate of drug-likeness (QED) is 0.675. The lowest BCUT2D eigenvalue weighted by Gasteiger charge is -1.95. The van der Waals surface area contributed by atoms with Crippen molar-refractivity contribution in [1.29, 1.82) is 0 Å². The van der Waals surface area contributed by atoms with Crippen LogP contribution in [0.1, 0.15) is 12.0 Å². The Labute approximate surface area is 95.6 Å². The SMILES string of the molecule is O=C(O)CC(=O)C=Cc1ccccc1Br. The summed E-state index contributed by atoms with van der Waals surface area (Å²) >= 11 is 3.32. The standard InChI is InChI=1S/C11H9BrO3/c12-10-4-2-1-3-8(10)5-6-9(13)7-11(14)15/h1-6H,7H2,(H,14,15). The highest BCUT2D eigenvalue weighted by Gasteiger charge is 2.03. The zero-order chi connectivity index (χ0) is 11.3. The van der Waals surface area contributed by atoms with Crippen molar-refractivity contribution in [3.8, 4) is 0 Å². The minimum atomic E-state index is -1.11. The monoisotopic (exact) mass is 268 g/mol. The largest absolute Gasteiger partial charge is 0.481 e. The van der Waals surface area contributed by atoms with Crippen LogP contribution >= 0.6 is 15.9 Å². The van der Waals surface area contributed by atoms with Gasteiger partial charge in [-0.15, -0.1) is 0 Å². The van der Waals surface area contributed by atoms with E-state index in [0.29, 0.717) is 0 Å². The molecule has 0 bridgehead atoms. The Balaban J connectivity index is 2.70. The van der Waals surface area contributed by atoms with Crippen LogP contribution in [0.25, 0.3) is 6.08 Å². The zero-order valence-corrected chi connectivity index (χ0v) is 9.40. The van der Waals surface area contributed by atoms with Gasteiger partial charge in [0.1, 0.15) is 6.42 Å². The van der Waals surface area contributed by atoms with Gasteiger partial charge in [-0.1, -0.05) is 40.2 Å². The topological polar surface area (TPSA) is 54.4 Å². The van der Waals surface area contributed by atoms with Crippen LogP contribution in [0, 0.1) is 0 Å². The summed E-state index contributed by atoms with van der Waals surface area (Å²) in [5.41, 5.74) is 0.844. The molecule has 0 saturated heterocycles. The highest BCUT2D eigenvalue weighted by Crippen LogP contribution is 2.17. The third-order valence-electron chi connectivity index (χ3n) is 1.68. The molecule has 1 N–H and O–H groups in total. The van der Waals surface area contributed by atoms with Crippen LogP contribution in [0.4, 0.5) is 0 Å². The molecule has 0 aliphatic carbocycles. The van der Waals surface area contributed by atoms with Gasteiger partial charge >= 0.3 is 5.97 Å². The molecule has 0 unspecified atom stereocenters. The normalized spacial score (nSPS) is 10.5. The average molecular weight is 269 g/mol. The lowest BCUT2D eigenvalue weighted by atomic mass is 10.2. The molecule has 0 aromatic heterocycles. The van der Waals surface area contributed by atoms with E-state index in [2.05, 4.69) is 15.9 Å². The summed E-state index contributed by atoms with van der Waals surface area (Å²) in [5.74, 6) is -1.53. The molecule has 4 heteroatoms. The molecule has 0 atom stereocenters. The third kappa shape index (κ3) is 4.08. The fourth-order valence-corrected chi connectivity index (χ4v) is 1.42. The van der Waals surface area contributed by atoms with Gasteiger partial charge in [0.15, 0.2) is 5.78 Å². The number of carbonyl (C=O) groups is 2. The fraction of sp³-hybridized carbons (Fsp3) is 0.0909. The van der Waals surface area contributed by atoms with Gasteiger partial charge < -0.3 is 5.11 Å². The molecule has 0 radical (unpaired) electrons. The van der Waals surface area contributed by atoms with Gasteiger partial charge in [0.2, 0.25) is 0 Å². The predicted octanol–water partition coefficient (Wildman–Crippen LogP) is 2.51. The Bertz CT molecular complexity index is 410. The molecular formula is C11H9BrO3. The van der Waals surface area contributed by atoms with Crippen molar-refractivity contribution in [2.24, 2.45) is 0 Å². The van der Waals surface area contributed by atoms with E-state index in [9.17, 15) is 9.59 Å². The van der Waals surface area contributed by atoms with E-state index in [4.69, 9.17) is 5.11 Å². The first-order valence-corrected chi connectivity index (χ1v) is 5.06. The molecule has 0 aliphatic heterocycles. The van der Waals surface area contributed by atoms with Gasteiger partial charge in [-0.3, -0.25) is 9.59 Å². The van der Waals surface area contributed by atoms with Gasteiger partial charge in [-0.25, -0.2) is 0 Å². The van der Waals surface area contributed by atoms with Crippen molar-refractivity contribution in [3.05, 3.63) is 40.4 Å². The number of hydrogen-bond donors (Lipinski definition) is 1. The molecule has 0 spiro atoms. The van der Waals surface area contributed by atoms with Gasteiger partial charge in [-0.05, 0) is 17.7 Å². The number of ketones is 1. The number of allylic oxidation sites excluding steroid dienone is 1. The summed E-state index contributed by atoms with van der Waals surface area (Å²) in [4.78, 5) is 21.3. The number of hydrogen-bond acceptors (Lipinski definition) is 2. The summed E-state index contributed by atoms with van der Waals surface area (Å²) in [5, 5.41) is 8.37. The minimum Gasteiger partial charge on any atom is -0.481 e. The lowest BCUT2D eigenvalue weighted by Crippen LogP contribution is -2.02. The van der Waals surface area contributed by atoms with Crippen LogP contribution in [0.3, 0.4) is 0 Å². The smallest absolute Gasteiger partial charge is 0.311 e. The van der Waals surface area contributed by atoms with Crippen molar-refractivity contribution < 1.29 is 14.7 Å². The van der Waals surface area contributed by atoms with Gasteiger partial charge in [0, 0.05) is 4.47 Å². The number of carbonyl (C=O) groups excluding carboxylic acids is 1. The molecule has 3 nitrogen and oxygen atoms in total. The van der Waals surface area contributed by atoms with Crippen molar-refractivity contribution in [1.82, 2.24) is 0 Å². The first kappa shape index (κ1) is 11.7. The number of halogens is 1. The molecule has 15 heavy (non-hydrogen) atoms. The van der Waals surface area contributed by atoms with E-state index in [1.807, 2.05) is 24.3 Å². The van der Waals surface area contributed by atoms with E-state index < -0.39 is 18.2 Å². The molecule has 0 heterocycles. The number of carboxylic acids is 1. The third-order valence-corrected chi connectivity index (χ3v) is 2.40. The summed E-state index contributed by atoms with van der Waals surface area (Å²) < 4.78 is 0.865. The van der Waals surface area contributed by atoms with Crippen molar-refractivity contribution >= 4 is 33.8 Å². The Morgan fingerprint density at radius 3 is 2.60 bits per heavy atom. The van der Waals surface area contributed by atoms with Crippen LogP contribution in [-0.4, -0.2) is 16.9 Å². The fourth-order valence-electron chi connectivity index (χ4n) is 1.00. The number of carboxylic acid groups (broad SMARTS) is 1. The second-order valence-corrected chi connectivity index (χ2v) is 3.75. The predicted molar refractivity (Wildman–Crippen MR) is 60.4 cm³/mol. The first-order valence-electron chi connectivity index (χ1n) is 4.27. The second-order valence-electron chi connectivity index (χ2n) is 2.89. The Kier molecular flexibility index (Phi) is 4.24. The molecule has 1 aromatic carbocycles. The van der Waals surface area contributed by atoms with Crippen molar-refractivity contribution in [2.75, 3.05) is 0 Å². The first-order chi connectivity index (χ1) is 7.09. The second kappa shape index (κ2) is 5.46. The number of rotatable bonds is 4. The maximum atomic E-state index is 11.1. The number of aliphatic carboxylic acids is 1. The molecule has 78 valence electrons. The maximum Gasteiger partial charge on any atom is 0.311 e. The van der Waals surface area contributed by atoms with E-state index in [-0.39, 0.29) is 0 Å².